The molecule has 2 N–H and O–H groups in total. The molecule has 0 aromatic heterocycles. The quantitative estimate of drug-likeness (QED) is 0.360. The van der Waals surface area contributed by atoms with E-state index in [1.54, 1.807) is 6.08 Å². The third-order valence-corrected chi connectivity index (χ3v) is 11.5. The van der Waals surface area contributed by atoms with Gasteiger partial charge in [0.2, 0.25) is 0 Å². The summed E-state index contributed by atoms with van der Waals surface area (Å²) in [6, 6.07) is 7.73. The molecular formula is C33H38F5NO4. The second kappa shape index (κ2) is 10.5. The van der Waals surface area contributed by atoms with Gasteiger partial charge in [-0.1, -0.05) is 36.8 Å². The van der Waals surface area contributed by atoms with E-state index in [1.165, 1.54) is 6.92 Å². The standard InChI is InChI=1S/C33H38F5NO4/c1-30-17-26(20-4-2-19(3-5-20)18-39-14-11-21(12-15-39)29(41)42)28-24-9-7-23(40)16-22(24)6-8-25(28)27(30)10-13-31(30,43)32(34,35)33(36,37)38/h2-5,16,21,25-27,43H,6-15,17-18H2,1H3,(H,41,42)/t25-,26+,27-,30-,31-/m0/s1. The summed E-state index contributed by atoms with van der Waals surface area (Å²) in [5.41, 5.74) is -0.0426. The lowest BCUT2D eigenvalue weighted by molar-refractivity contribution is -0.362. The lowest BCUT2D eigenvalue weighted by Crippen LogP contribution is -2.65. The molecule has 5 atom stereocenters. The summed E-state index contributed by atoms with van der Waals surface area (Å²) in [5, 5.41) is 20.7. The number of aliphatic hydroxyl groups is 1. The minimum absolute atomic E-state index is 0.0432. The van der Waals surface area contributed by atoms with Crippen LogP contribution in [0, 0.1) is 23.2 Å². The zero-order chi connectivity index (χ0) is 30.9. The van der Waals surface area contributed by atoms with E-state index in [9.17, 15) is 33.0 Å². The number of piperidine rings is 1. The molecule has 43 heavy (non-hydrogen) atoms. The van der Waals surface area contributed by atoms with Crippen molar-refractivity contribution in [3.05, 3.63) is 58.2 Å². The number of alkyl halides is 5. The summed E-state index contributed by atoms with van der Waals surface area (Å²) in [6.07, 6.45) is -1.62. The van der Waals surface area contributed by atoms with Crippen LogP contribution in [0.3, 0.4) is 0 Å². The van der Waals surface area contributed by atoms with Crippen molar-refractivity contribution in [1.82, 2.24) is 4.90 Å². The van der Waals surface area contributed by atoms with Crippen LogP contribution >= 0.6 is 0 Å². The Morgan fingerprint density at radius 2 is 1.67 bits per heavy atom. The van der Waals surface area contributed by atoms with Crippen molar-refractivity contribution < 1.29 is 41.8 Å². The highest BCUT2D eigenvalue weighted by molar-refractivity contribution is 5.93. The maximum atomic E-state index is 15.2. The van der Waals surface area contributed by atoms with Crippen LogP contribution in [0.1, 0.15) is 81.8 Å². The third-order valence-electron chi connectivity index (χ3n) is 11.5. The molecule has 5 aliphatic rings. The first-order valence-corrected chi connectivity index (χ1v) is 15.3. The van der Waals surface area contributed by atoms with Crippen LogP contribution in [0.4, 0.5) is 22.0 Å². The summed E-state index contributed by atoms with van der Waals surface area (Å²) in [7, 11) is 0. The largest absolute Gasteiger partial charge is 0.481 e. The lowest BCUT2D eigenvalue weighted by Gasteiger charge is -2.56. The van der Waals surface area contributed by atoms with Crippen LogP contribution in [0.25, 0.3) is 0 Å². The van der Waals surface area contributed by atoms with E-state index < -0.39 is 47.3 Å². The van der Waals surface area contributed by atoms with E-state index in [2.05, 4.69) is 4.90 Å². The number of hydrogen-bond acceptors (Lipinski definition) is 4. The minimum Gasteiger partial charge on any atom is -0.481 e. The Hall–Kier alpha value is -2.59. The molecule has 0 radical (unpaired) electrons. The van der Waals surface area contributed by atoms with Crippen molar-refractivity contribution in [3.8, 4) is 0 Å². The summed E-state index contributed by atoms with van der Waals surface area (Å²) < 4.78 is 71.7. The number of ketones is 1. The Balaban J connectivity index is 1.36. The van der Waals surface area contributed by atoms with Gasteiger partial charge >= 0.3 is 18.1 Å². The Morgan fingerprint density at radius 3 is 2.30 bits per heavy atom. The highest BCUT2D eigenvalue weighted by Gasteiger charge is 2.79. The molecule has 4 aliphatic carbocycles. The number of allylic oxidation sites excluding steroid dienone is 4. The first-order chi connectivity index (χ1) is 20.2. The van der Waals surface area contributed by atoms with Gasteiger partial charge in [0.1, 0.15) is 5.60 Å². The number of rotatable bonds is 5. The first-order valence-electron chi connectivity index (χ1n) is 15.3. The zero-order valence-electron chi connectivity index (χ0n) is 24.2. The average molecular weight is 608 g/mol. The van der Waals surface area contributed by atoms with Gasteiger partial charge in [-0.2, -0.15) is 22.0 Å². The van der Waals surface area contributed by atoms with Crippen LogP contribution in [-0.4, -0.2) is 57.7 Å². The Kier molecular flexibility index (Phi) is 7.43. The predicted molar refractivity (Wildman–Crippen MR) is 148 cm³/mol. The molecule has 1 saturated heterocycles. The van der Waals surface area contributed by atoms with Crippen LogP contribution in [0.2, 0.25) is 0 Å². The number of nitrogens with zero attached hydrogens (tertiary/aromatic N) is 1. The van der Waals surface area contributed by atoms with Crippen LogP contribution in [-0.2, 0) is 16.1 Å². The number of benzene rings is 1. The van der Waals surface area contributed by atoms with Crippen LogP contribution in [0.15, 0.2) is 47.1 Å². The molecule has 10 heteroatoms. The molecule has 0 spiro atoms. The number of carboxylic acid groups (broad SMARTS) is 1. The SMILES string of the molecule is C[C@]12C[C@H](c3ccc(CN4CCC(C(=O)O)CC4)cc3)C3=C4CCC(=O)C=C4CC[C@H]3[C@@H]1CC[C@@]2(O)C(F)(F)C(F)(F)F. The van der Waals surface area contributed by atoms with Gasteiger partial charge in [0, 0.05) is 24.3 Å². The molecule has 0 bridgehead atoms. The number of carbonyl (C=O) groups is 2. The van der Waals surface area contributed by atoms with Crippen molar-refractivity contribution in [3.63, 3.8) is 0 Å². The smallest absolute Gasteiger partial charge is 0.456 e. The zero-order valence-corrected chi connectivity index (χ0v) is 24.2. The van der Waals surface area contributed by atoms with Gasteiger partial charge in [-0.3, -0.25) is 14.5 Å². The molecule has 3 fully saturated rings. The minimum atomic E-state index is -5.87. The molecule has 1 aromatic carbocycles. The molecule has 2 saturated carbocycles. The summed E-state index contributed by atoms with van der Waals surface area (Å²) in [6.45, 7) is 3.39. The van der Waals surface area contributed by atoms with E-state index in [4.69, 9.17) is 0 Å². The highest BCUT2D eigenvalue weighted by atomic mass is 19.4. The predicted octanol–water partition coefficient (Wildman–Crippen LogP) is 6.81. The fraction of sp³-hybridized carbons (Fsp3) is 0.636. The van der Waals surface area contributed by atoms with Crippen molar-refractivity contribution >= 4 is 11.8 Å². The van der Waals surface area contributed by atoms with Crippen molar-refractivity contribution in [1.29, 1.82) is 0 Å². The van der Waals surface area contributed by atoms with Crippen LogP contribution in [0.5, 0.6) is 0 Å². The summed E-state index contributed by atoms with van der Waals surface area (Å²) in [4.78, 5) is 25.7. The van der Waals surface area contributed by atoms with E-state index in [1.807, 2.05) is 24.3 Å². The molecule has 5 nitrogen and oxygen atoms in total. The van der Waals surface area contributed by atoms with Gasteiger partial charge in [-0.05, 0) is 105 Å². The maximum Gasteiger partial charge on any atom is 0.456 e. The van der Waals surface area contributed by atoms with E-state index in [-0.39, 0.29) is 30.5 Å². The molecule has 234 valence electrons. The normalized spacial score (nSPS) is 34.0. The van der Waals surface area contributed by atoms with Gasteiger partial charge in [-0.15, -0.1) is 0 Å². The number of hydrogen-bond donors (Lipinski definition) is 2. The number of aliphatic carboxylic acids is 1. The second-order valence-electron chi connectivity index (χ2n) is 13.6. The van der Waals surface area contributed by atoms with Crippen molar-refractivity contribution in [2.75, 3.05) is 13.1 Å². The Bertz CT molecular complexity index is 1360. The van der Waals surface area contributed by atoms with Gasteiger partial charge in [0.15, 0.2) is 5.78 Å². The van der Waals surface area contributed by atoms with Crippen LogP contribution < -0.4 is 0 Å². The van der Waals surface area contributed by atoms with Gasteiger partial charge in [0.25, 0.3) is 0 Å². The highest BCUT2D eigenvalue weighted by Crippen LogP contribution is 2.70. The molecular weight excluding hydrogens is 569 g/mol. The van der Waals surface area contributed by atoms with Crippen molar-refractivity contribution in [2.24, 2.45) is 23.2 Å². The molecule has 1 aromatic rings. The fourth-order valence-electron chi connectivity index (χ4n) is 9.17. The Labute approximate surface area is 247 Å². The van der Waals surface area contributed by atoms with Gasteiger partial charge in [0.05, 0.1) is 5.92 Å². The summed E-state index contributed by atoms with van der Waals surface area (Å²) in [5.74, 6) is -7.56. The molecule has 0 amide bonds. The molecule has 6 rings (SSSR count). The third kappa shape index (κ3) is 4.78. The number of carbonyl (C=O) groups excluding carboxylic acids is 1. The molecule has 1 aliphatic heterocycles. The summed E-state index contributed by atoms with van der Waals surface area (Å²) >= 11 is 0. The Morgan fingerprint density at radius 1 is 1.00 bits per heavy atom. The topological polar surface area (TPSA) is 77.8 Å². The first kappa shape index (κ1) is 30.4. The number of carboxylic acids is 1. The van der Waals surface area contributed by atoms with Gasteiger partial charge < -0.3 is 10.2 Å². The van der Waals surface area contributed by atoms with E-state index in [0.717, 1.165) is 27.8 Å². The van der Waals surface area contributed by atoms with E-state index in [0.29, 0.717) is 58.2 Å². The number of halogens is 5. The monoisotopic (exact) mass is 607 g/mol. The van der Waals surface area contributed by atoms with E-state index >= 15 is 8.78 Å². The average Bonchev–Trinajstić information content (AvgIpc) is 3.24. The maximum absolute atomic E-state index is 15.2. The van der Waals surface area contributed by atoms with Crippen molar-refractivity contribution in [2.45, 2.75) is 94.9 Å². The molecule has 0 unspecified atom stereocenters. The second-order valence-corrected chi connectivity index (χ2v) is 13.6. The lowest BCUT2D eigenvalue weighted by atomic mass is 9.50. The van der Waals surface area contributed by atoms with Gasteiger partial charge in [-0.25, -0.2) is 0 Å². The molecule has 1 heterocycles. The fourth-order valence-corrected chi connectivity index (χ4v) is 9.17. The number of fused-ring (bicyclic) bond motifs is 4. The number of likely N-dealkylation sites (tertiary alicyclic amines) is 1.